The van der Waals surface area contributed by atoms with Crippen LogP contribution in [0.15, 0.2) is 60.7 Å². The molecule has 3 aromatic carbocycles. The first-order valence-electron chi connectivity index (χ1n) is 7.97. The van der Waals surface area contributed by atoms with Crippen molar-refractivity contribution in [3.05, 3.63) is 76.9 Å². The van der Waals surface area contributed by atoms with Gasteiger partial charge in [-0.2, -0.15) is 5.26 Å². The number of ether oxygens (including phenoxy) is 1. The summed E-state index contributed by atoms with van der Waals surface area (Å²) < 4.78 is 6.02. The fourth-order valence-electron chi connectivity index (χ4n) is 2.84. The van der Waals surface area contributed by atoms with Gasteiger partial charge in [-0.15, -0.1) is 5.10 Å². The highest BCUT2D eigenvalue weighted by Crippen LogP contribution is 2.32. The molecule has 0 bridgehead atoms. The summed E-state index contributed by atoms with van der Waals surface area (Å²) >= 11 is 6.25. The molecule has 0 atom stereocenters. The molecule has 0 fully saturated rings. The lowest BCUT2D eigenvalue weighted by Crippen LogP contribution is -1.97. The third-order valence-electron chi connectivity index (χ3n) is 4.09. The molecule has 1 aromatic heterocycles. The Hall–Kier alpha value is -3.36. The van der Waals surface area contributed by atoms with E-state index in [0.29, 0.717) is 23.0 Å². The van der Waals surface area contributed by atoms with Crippen molar-refractivity contribution >= 4 is 22.4 Å². The Balaban J connectivity index is 1.61. The fraction of sp³-hybridized carbons (Fsp3) is 0.0500. The molecule has 0 amide bonds. The Morgan fingerprint density at radius 3 is 2.73 bits per heavy atom. The molecule has 0 aliphatic carbocycles. The molecular weight excluding hydrogens is 348 g/mol. The Morgan fingerprint density at radius 1 is 1.04 bits per heavy atom. The second-order valence-electron chi connectivity index (χ2n) is 5.73. The quantitative estimate of drug-likeness (QED) is 0.571. The molecule has 6 heteroatoms. The summed E-state index contributed by atoms with van der Waals surface area (Å²) in [5, 5.41) is 22.0. The number of aromatic amines is 1. The topological polar surface area (TPSA) is 74.6 Å². The highest BCUT2D eigenvalue weighted by molar-refractivity contribution is 6.35. The monoisotopic (exact) mass is 360 g/mol. The van der Waals surface area contributed by atoms with Crippen molar-refractivity contribution in [2.24, 2.45) is 0 Å². The van der Waals surface area contributed by atoms with Gasteiger partial charge in [-0.1, -0.05) is 59.3 Å². The van der Waals surface area contributed by atoms with Crippen LogP contribution >= 0.6 is 11.6 Å². The molecule has 0 aliphatic heterocycles. The van der Waals surface area contributed by atoms with Gasteiger partial charge in [-0.05, 0) is 23.8 Å². The molecular formula is C20H13ClN4O. The van der Waals surface area contributed by atoms with Crippen molar-refractivity contribution in [3.63, 3.8) is 0 Å². The first-order valence-corrected chi connectivity index (χ1v) is 8.34. The molecule has 126 valence electrons. The number of H-pyrrole nitrogens is 1. The standard InChI is InChI=1S/C20H13ClN4O/c21-17-8-9-19(16-7-2-1-6-15(16)17)26-12-13-4-3-5-14(10-13)20-18(11-22)23-25-24-20/h1-10H,12H2,(H,23,24,25). The second kappa shape index (κ2) is 6.87. The molecule has 0 aliphatic rings. The number of nitrogens with one attached hydrogen (secondary N) is 1. The average Bonchev–Trinajstić information content (AvgIpc) is 3.17. The SMILES string of the molecule is N#Cc1[nH]nnc1-c1cccc(COc2ccc(Cl)c3ccccc23)c1. The van der Waals surface area contributed by atoms with Crippen LogP contribution in [0.1, 0.15) is 11.3 Å². The van der Waals surface area contributed by atoms with Crippen molar-refractivity contribution < 1.29 is 4.74 Å². The predicted octanol–water partition coefficient (Wildman–Crippen LogP) is 4.73. The number of hydrogen-bond acceptors (Lipinski definition) is 4. The minimum atomic E-state index is 0.340. The van der Waals surface area contributed by atoms with Gasteiger partial charge in [0.2, 0.25) is 0 Å². The first-order chi connectivity index (χ1) is 12.8. The van der Waals surface area contributed by atoms with Crippen LogP contribution in [-0.4, -0.2) is 15.4 Å². The van der Waals surface area contributed by atoms with Gasteiger partial charge in [-0.3, -0.25) is 0 Å². The lowest BCUT2D eigenvalue weighted by molar-refractivity contribution is 0.310. The first kappa shape index (κ1) is 16.1. The summed E-state index contributed by atoms with van der Waals surface area (Å²) in [7, 11) is 0. The molecule has 4 aromatic rings. The lowest BCUT2D eigenvalue weighted by Gasteiger charge is -2.11. The van der Waals surface area contributed by atoms with E-state index >= 15 is 0 Å². The van der Waals surface area contributed by atoms with Crippen LogP contribution < -0.4 is 4.74 Å². The minimum absolute atomic E-state index is 0.340. The highest BCUT2D eigenvalue weighted by Gasteiger charge is 2.10. The maximum Gasteiger partial charge on any atom is 0.163 e. The third kappa shape index (κ3) is 2.99. The van der Waals surface area contributed by atoms with Gasteiger partial charge in [0.15, 0.2) is 5.69 Å². The van der Waals surface area contributed by atoms with Crippen LogP contribution in [0.5, 0.6) is 5.75 Å². The van der Waals surface area contributed by atoms with E-state index < -0.39 is 0 Å². The summed E-state index contributed by atoms with van der Waals surface area (Å²) in [6.45, 7) is 0.388. The number of aromatic nitrogens is 3. The van der Waals surface area contributed by atoms with Crippen LogP contribution in [0.25, 0.3) is 22.0 Å². The van der Waals surface area contributed by atoms with Crippen molar-refractivity contribution in [2.75, 3.05) is 0 Å². The molecule has 1 N–H and O–H groups in total. The normalized spacial score (nSPS) is 10.6. The zero-order valence-electron chi connectivity index (χ0n) is 13.6. The number of nitrogens with zero attached hydrogens (tertiary/aromatic N) is 3. The van der Waals surface area contributed by atoms with Crippen LogP contribution in [-0.2, 0) is 6.61 Å². The average molecular weight is 361 g/mol. The highest BCUT2D eigenvalue weighted by atomic mass is 35.5. The summed E-state index contributed by atoms with van der Waals surface area (Å²) in [5.41, 5.74) is 2.66. The van der Waals surface area contributed by atoms with Crippen molar-refractivity contribution in [3.8, 4) is 23.1 Å². The van der Waals surface area contributed by atoms with E-state index in [1.807, 2.05) is 60.7 Å². The Bertz CT molecular complexity index is 1130. The van der Waals surface area contributed by atoms with Crippen molar-refractivity contribution in [2.45, 2.75) is 6.61 Å². The van der Waals surface area contributed by atoms with Gasteiger partial charge in [0.05, 0.1) is 0 Å². The van der Waals surface area contributed by atoms with Crippen molar-refractivity contribution in [1.82, 2.24) is 15.4 Å². The molecule has 26 heavy (non-hydrogen) atoms. The van der Waals surface area contributed by atoms with Crippen LogP contribution in [0.3, 0.4) is 0 Å². The summed E-state index contributed by atoms with van der Waals surface area (Å²) in [4.78, 5) is 0. The number of rotatable bonds is 4. The Morgan fingerprint density at radius 2 is 1.88 bits per heavy atom. The van der Waals surface area contributed by atoms with E-state index in [2.05, 4.69) is 21.5 Å². The third-order valence-corrected chi connectivity index (χ3v) is 4.42. The minimum Gasteiger partial charge on any atom is -0.488 e. The molecule has 0 saturated carbocycles. The molecule has 0 saturated heterocycles. The Kier molecular flexibility index (Phi) is 4.26. The van der Waals surface area contributed by atoms with E-state index in [4.69, 9.17) is 21.6 Å². The van der Waals surface area contributed by atoms with Gasteiger partial charge in [0.1, 0.15) is 24.1 Å². The number of fused-ring (bicyclic) bond motifs is 1. The zero-order valence-corrected chi connectivity index (χ0v) is 14.4. The smallest absolute Gasteiger partial charge is 0.163 e. The molecule has 5 nitrogen and oxygen atoms in total. The van der Waals surface area contributed by atoms with E-state index in [0.717, 1.165) is 27.6 Å². The number of halogens is 1. The van der Waals surface area contributed by atoms with Gasteiger partial charge in [0.25, 0.3) is 0 Å². The maximum atomic E-state index is 9.12. The van der Waals surface area contributed by atoms with E-state index in [9.17, 15) is 0 Å². The van der Waals surface area contributed by atoms with Crippen LogP contribution in [0.2, 0.25) is 5.02 Å². The van der Waals surface area contributed by atoms with Gasteiger partial charge >= 0.3 is 0 Å². The number of hydrogen-bond donors (Lipinski definition) is 1. The predicted molar refractivity (Wildman–Crippen MR) is 99.8 cm³/mol. The Labute approximate surface area is 154 Å². The van der Waals surface area contributed by atoms with Crippen LogP contribution in [0, 0.1) is 11.3 Å². The van der Waals surface area contributed by atoms with E-state index in [1.54, 1.807) is 0 Å². The van der Waals surface area contributed by atoms with E-state index in [-0.39, 0.29) is 0 Å². The molecule has 0 unspecified atom stereocenters. The van der Waals surface area contributed by atoms with Gasteiger partial charge in [-0.25, -0.2) is 5.10 Å². The second-order valence-corrected chi connectivity index (χ2v) is 6.13. The maximum absolute atomic E-state index is 9.12. The number of benzene rings is 3. The molecule has 0 spiro atoms. The van der Waals surface area contributed by atoms with Gasteiger partial charge < -0.3 is 4.74 Å². The lowest BCUT2D eigenvalue weighted by atomic mass is 10.1. The molecule has 0 radical (unpaired) electrons. The largest absolute Gasteiger partial charge is 0.488 e. The molecule has 4 rings (SSSR count). The summed E-state index contributed by atoms with van der Waals surface area (Å²) in [5.74, 6) is 0.773. The fourth-order valence-corrected chi connectivity index (χ4v) is 3.07. The number of nitriles is 1. The van der Waals surface area contributed by atoms with Crippen LogP contribution in [0.4, 0.5) is 0 Å². The van der Waals surface area contributed by atoms with E-state index in [1.165, 1.54) is 0 Å². The summed E-state index contributed by atoms with van der Waals surface area (Å²) in [6.07, 6.45) is 0. The van der Waals surface area contributed by atoms with Crippen molar-refractivity contribution in [1.29, 1.82) is 5.26 Å². The molecule has 1 heterocycles. The zero-order chi connectivity index (χ0) is 17.9. The summed E-state index contributed by atoms with van der Waals surface area (Å²) in [6, 6.07) is 21.3. The van der Waals surface area contributed by atoms with Gasteiger partial charge in [0, 0.05) is 21.4 Å².